The third kappa shape index (κ3) is 9.26. The highest BCUT2D eigenvalue weighted by Gasteiger charge is 2.39. The third-order valence-electron chi connectivity index (χ3n) is 8.81. The number of hydrogen-bond acceptors (Lipinski definition) is 10. The Labute approximate surface area is 328 Å². The topological polar surface area (TPSA) is 189 Å². The van der Waals surface area contributed by atoms with E-state index in [9.17, 15) is 52.0 Å². The molecule has 1 aliphatic carbocycles. The minimum Gasteiger partial charge on any atom is -0.439 e. The van der Waals surface area contributed by atoms with Gasteiger partial charge in [-0.3, -0.25) is 4.68 Å². The predicted octanol–water partition coefficient (Wildman–Crippen LogP) is 5.31. The van der Waals surface area contributed by atoms with Crippen molar-refractivity contribution in [3.05, 3.63) is 75.1 Å². The fourth-order valence-electron chi connectivity index (χ4n) is 6.30. The lowest BCUT2D eigenvalue weighted by Crippen LogP contribution is -2.36. The summed E-state index contributed by atoms with van der Waals surface area (Å²) in [4.78, 5) is 17.0. The van der Waals surface area contributed by atoms with E-state index >= 15 is 4.39 Å². The predicted molar refractivity (Wildman–Crippen MR) is 198 cm³/mol. The van der Waals surface area contributed by atoms with E-state index in [2.05, 4.69) is 21.9 Å². The molecule has 1 amide bonds. The molecule has 0 bridgehead atoms. The Balaban J connectivity index is 2.01. The van der Waals surface area contributed by atoms with Crippen molar-refractivity contribution in [3.8, 4) is 23.0 Å². The Morgan fingerprint density at radius 3 is 2.12 bits per heavy atom. The number of sulfone groups is 1. The van der Waals surface area contributed by atoms with Crippen molar-refractivity contribution >= 4 is 64.3 Å². The van der Waals surface area contributed by atoms with Gasteiger partial charge in [0.1, 0.15) is 34.8 Å². The maximum absolute atomic E-state index is 15.6. The normalized spacial score (nSPS) is 15.5. The van der Waals surface area contributed by atoms with Gasteiger partial charge in [-0.15, -0.1) is 3.71 Å². The lowest BCUT2D eigenvalue weighted by molar-refractivity contribution is -0.141. The number of hydrogen-bond donors (Lipinski definition) is 1. The number of aromatic nitrogens is 3. The van der Waals surface area contributed by atoms with Gasteiger partial charge in [0.05, 0.1) is 34.1 Å². The molecule has 0 unspecified atom stereocenters. The Kier molecular flexibility index (Phi) is 11.4. The van der Waals surface area contributed by atoms with Crippen LogP contribution in [0.1, 0.15) is 48.0 Å². The third-order valence-corrected chi connectivity index (χ3v) is 14.3. The molecular formula is C34H32ClF6N5O8S3. The second-order valence-corrected chi connectivity index (χ2v) is 20.6. The summed E-state index contributed by atoms with van der Waals surface area (Å²) >= 11 is 6.49. The summed E-state index contributed by atoms with van der Waals surface area (Å²) in [7, 11) is -13.5. The minimum atomic E-state index is -5.09. The van der Waals surface area contributed by atoms with Crippen molar-refractivity contribution in [1.82, 2.24) is 14.8 Å². The highest BCUT2D eigenvalue weighted by molar-refractivity contribution is 8.09. The summed E-state index contributed by atoms with van der Waals surface area (Å²) in [6.45, 7) is 0.601. The van der Waals surface area contributed by atoms with Crippen LogP contribution in [0.2, 0.25) is 5.02 Å². The van der Waals surface area contributed by atoms with Gasteiger partial charge in [-0.1, -0.05) is 23.6 Å². The molecule has 5 rings (SSSR count). The highest BCUT2D eigenvalue weighted by Crippen LogP contribution is 2.47. The molecule has 57 heavy (non-hydrogen) atoms. The number of nitrogens with zero attached hydrogens (tertiary/aromatic N) is 4. The first-order valence-corrected chi connectivity index (χ1v) is 22.2. The van der Waals surface area contributed by atoms with Crippen LogP contribution in [0.5, 0.6) is 0 Å². The number of pyridine rings is 1. The van der Waals surface area contributed by atoms with Gasteiger partial charge in [0.15, 0.2) is 21.8 Å². The van der Waals surface area contributed by atoms with Gasteiger partial charge in [0.2, 0.25) is 20.0 Å². The summed E-state index contributed by atoms with van der Waals surface area (Å²) in [5.74, 6) is 2.06. The monoisotopic (exact) mass is 883 g/mol. The number of amides is 1. The van der Waals surface area contributed by atoms with Gasteiger partial charge in [0, 0.05) is 42.7 Å². The van der Waals surface area contributed by atoms with E-state index in [4.69, 9.17) is 22.1 Å². The Morgan fingerprint density at radius 1 is 1.02 bits per heavy atom. The van der Waals surface area contributed by atoms with Crippen LogP contribution in [0.15, 0.2) is 30.3 Å². The van der Waals surface area contributed by atoms with Crippen LogP contribution < -0.4 is 9.44 Å². The average Bonchev–Trinajstić information content (AvgIpc) is 3.56. The van der Waals surface area contributed by atoms with Crippen LogP contribution in [-0.4, -0.2) is 82.0 Å². The average molecular weight is 884 g/mol. The van der Waals surface area contributed by atoms with E-state index in [1.54, 1.807) is 0 Å². The fourth-order valence-corrected chi connectivity index (χ4v) is 9.63. The number of rotatable bonds is 10. The molecule has 308 valence electrons. The molecule has 2 aromatic carbocycles. The summed E-state index contributed by atoms with van der Waals surface area (Å²) in [5, 5.41) is 2.69. The number of anilines is 1. The van der Waals surface area contributed by atoms with Gasteiger partial charge in [0.25, 0.3) is 0 Å². The van der Waals surface area contributed by atoms with Crippen molar-refractivity contribution in [2.75, 3.05) is 22.5 Å². The first-order chi connectivity index (χ1) is 26.0. The number of nitrogens with two attached hydrogens (primary N) is 1. The molecule has 0 saturated heterocycles. The number of carbonyl (C=O) groups excluding carboxylic acids is 1. The smallest absolute Gasteiger partial charge is 0.408 e. The fraction of sp³-hybridized carbons (Fsp3) is 0.382. The standard InChI is InChI=1S/C34H32ClF6N5O8S3/c1-33(2,55(3,48)49)9-8-25-22-14-20(38)15-23(22)27(29(43-25)26(54-32(42)47)12-17-10-18(36)13-19(37)11-17)21-6-7-24(35)28-30(21)45(16-34(39,40)41)44-31(28)46(56(4,50)51)57(5,52)53/h6-7,10-11,13,20,26H,12,14-16H2,1-5H3,(H2,42,47)/t20-,26+/m1/s1. The first kappa shape index (κ1) is 43.5. The van der Waals surface area contributed by atoms with Crippen molar-refractivity contribution in [1.29, 1.82) is 0 Å². The second kappa shape index (κ2) is 15.0. The maximum atomic E-state index is 15.6. The van der Waals surface area contributed by atoms with E-state index in [0.717, 1.165) is 30.5 Å². The summed E-state index contributed by atoms with van der Waals surface area (Å²) in [6.07, 6.45) is -9.71. The lowest BCUT2D eigenvalue weighted by Gasteiger charge is -2.24. The van der Waals surface area contributed by atoms with Gasteiger partial charge < -0.3 is 10.5 Å². The highest BCUT2D eigenvalue weighted by atomic mass is 35.5. The molecule has 0 aliphatic heterocycles. The number of primary amides is 1. The zero-order chi connectivity index (χ0) is 42.8. The first-order valence-electron chi connectivity index (χ1n) is 16.3. The van der Waals surface area contributed by atoms with E-state index in [0.29, 0.717) is 18.6 Å². The number of alkyl halides is 4. The van der Waals surface area contributed by atoms with Crippen molar-refractivity contribution in [3.63, 3.8) is 0 Å². The van der Waals surface area contributed by atoms with Gasteiger partial charge >= 0.3 is 12.3 Å². The molecule has 13 nitrogen and oxygen atoms in total. The molecule has 2 aromatic heterocycles. The molecule has 0 spiro atoms. The van der Waals surface area contributed by atoms with Crippen LogP contribution in [0, 0.1) is 23.5 Å². The zero-order valence-corrected chi connectivity index (χ0v) is 33.6. The van der Waals surface area contributed by atoms with Crippen LogP contribution >= 0.6 is 11.6 Å². The van der Waals surface area contributed by atoms with Gasteiger partial charge in [-0.25, -0.2) is 48.2 Å². The number of halogens is 7. The molecule has 2 atom stereocenters. The maximum Gasteiger partial charge on any atom is 0.408 e. The van der Waals surface area contributed by atoms with Crippen LogP contribution in [-0.2, 0) is 60.4 Å². The number of ether oxygens (including phenoxy) is 1. The van der Waals surface area contributed by atoms with Crippen LogP contribution in [0.3, 0.4) is 0 Å². The molecule has 4 aromatic rings. The lowest BCUT2D eigenvalue weighted by atomic mass is 9.89. The van der Waals surface area contributed by atoms with E-state index in [1.807, 2.05) is 0 Å². The molecule has 1 aliphatic rings. The second-order valence-electron chi connectivity index (χ2n) is 13.8. The molecule has 23 heteroatoms. The van der Waals surface area contributed by atoms with Crippen LogP contribution in [0.25, 0.3) is 22.0 Å². The minimum absolute atomic E-state index is 0.00883. The molecule has 0 fully saturated rings. The van der Waals surface area contributed by atoms with Gasteiger partial charge in [-0.2, -0.15) is 18.3 Å². The quantitative estimate of drug-likeness (QED) is 0.162. The van der Waals surface area contributed by atoms with Crippen molar-refractivity contribution in [2.45, 2.75) is 62.9 Å². The number of carbonyl (C=O) groups is 1. The Bertz CT molecular complexity index is 2680. The van der Waals surface area contributed by atoms with Crippen molar-refractivity contribution < 1.29 is 61.1 Å². The number of sulfonamides is 2. The molecular weight excluding hydrogens is 852 g/mol. The van der Waals surface area contributed by atoms with Gasteiger partial charge in [-0.05, 0) is 54.7 Å². The molecule has 2 heterocycles. The van der Waals surface area contributed by atoms with E-state index in [1.165, 1.54) is 13.8 Å². The number of benzene rings is 2. The Hall–Kier alpha value is -4.59. The summed E-state index contributed by atoms with van der Waals surface area (Å²) in [5.41, 5.74) is 3.40. The largest absolute Gasteiger partial charge is 0.439 e. The van der Waals surface area contributed by atoms with Crippen LogP contribution in [0.4, 0.5) is 37.0 Å². The summed E-state index contributed by atoms with van der Waals surface area (Å²) < 4.78 is 167. The zero-order valence-electron chi connectivity index (χ0n) is 30.4. The SMILES string of the molecule is CC(C)(C#Cc1nc([C@H](Cc2cc(F)cc(F)c2)OC(N)=O)c(-c2ccc(Cl)c3c(N(S(C)(=O)=O)S(C)(=O)=O)nn(CC(F)(F)F)c23)c2c1C[C@@H](F)C2)S(C)(=O)=O. The molecule has 0 saturated carbocycles. The molecule has 0 radical (unpaired) electrons. The summed E-state index contributed by atoms with van der Waals surface area (Å²) in [6, 6.07) is 4.48. The van der Waals surface area contributed by atoms with E-state index in [-0.39, 0.29) is 41.9 Å². The van der Waals surface area contributed by atoms with E-state index < -0.39 is 124 Å². The Morgan fingerprint density at radius 2 is 1.60 bits per heavy atom. The number of fused-ring (bicyclic) bond motifs is 2. The molecule has 2 N–H and O–H groups in total. The van der Waals surface area contributed by atoms with Crippen molar-refractivity contribution in [2.24, 2.45) is 5.73 Å².